The van der Waals surface area contributed by atoms with E-state index in [2.05, 4.69) is 48.9 Å². The van der Waals surface area contributed by atoms with Crippen LogP contribution in [0.5, 0.6) is 0 Å². The summed E-state index contributed by atoms with van der Waals surface area (Å²) in [6, 6.07) is 8.30. The van der Waals surface area contributed by atoms with Crippen LogP contribution in [0.4, 0.5) is 5.82 Å². The zero-order chi connectivity index (χ0) is 16.5. The van der Waals surface area contributed by atoms with Crippen molar-refractivity contribution in [2.24, 2.45) is 0 Å². The second-order valence-electron chi connectivity index (χ2n) is 6.20. The van der Waals surface area contributed by atoms with Crippen LogP contribution in [0.25, 0.3) is 11.0 Å². The van der Waals surface area contributed by atoms with Crippen LogP contribution in [0.1, 0.15) is 29.4 Å². The van der Waals surface area contributed by atoms with Crippen molar-refractivity contribution >= 4 is 28.6 Å². The molecule has 1 fully saturated rings. The van der Waals surface area contributed by atoms with Gasteiger partial charge in [-0.1, -0.05) is 6.07 Å². The summed E-state index contributed by atoms with van der Waals surface area (Å²) in [7, 11) is 2.06. The predicted molar refractivity (Wildman–Crippen MR) is 94.5 cm³/mol. The van der Waals surface area contributed by atoms with Gasteiger partial charge in [0.2, 0.25) is 0 Å². The maximum atomic E-state index is 5.49. The van der Waals surface area contributed by atoms with Crippen molar-refractivity contribution in [3.63, 3.8) is 0 Å². The number of rotatable bonds is 4. The van der Waals surface area contributed by atoms with Gasteiger partial charge >= 0.3 is 0 Å². The van der Waals surface area contributed by atoms with Crippen LogP contribution in [-0.4, -0.2) is 39.0 Å². The molecule has 7 heteroatoms. The lowest BCUT2D eigenvalue weighted by Gasteiger charge is -2.20. The number of fused-ring (bicyclic) bond motifs is 1. The lowest BCUT2D eigenvalue weighted by Crippen LogP contribution is -2.19. The van der Waals surface area contributed by atoms with Crippen molar-refractivity contribution in [1.29, 1.82) is 0 Å². The molecule has 3 heterocycles. The van der Waals surface area contributed by atoms with Crippen LogP contribution in [0.2, 0.25) is 0 Å². The Balaban J connectivity index is 1.57. The van der Waals surface area contributed by atoms with Crippen molar-refractivity contribution in [3.05, 3.63) is 41.3 Å². The van der Waals surface area contributed by atoms with E-state index in [1.54, 1.807) is 0 Å². The van der Waals surface area contributed by atoms with E-state index < -0.39 is 0 Å². The maximum Gasteiger partial charge on any atom is 0.132 e. The van der Waals surface area contributed by atoms with Gasteiger partial charge < -0.3 is 9.64 Å². The average Bonchev–Trinajstić information content (AvgIpc) is 3.25. The Hall–Kier alpha value is -2.12. The topological polar surface area (TPSA) is 64.0 Å². The highest BCUT2D eigenvalue weighted by molar-refractivity contribution is 7.00. The highest BCUT2D eigenvalue weighted by Gasteiger charge is 2.21. The number of nitrogens with zero attached hydrogens (tertiary/aromatic N) is 5. The van der Waals surface area contributed by atoms with Gasteiger partial charge in [0.05, 0.1) is 24.0 Å². The third-order valence-corrected chi connectivity index (χ3v) is 4.88. The van der Waals surface area contributed by atoms with Crippen molar-refractivity contribution in [2.75, 3.05) is 25.2 Å². The standard InChI is InChI=1S/C17H19N5OS/c1-11-18-15(13-5-6-23-10-13)8-17(19-11)22(2)9-12-3-4-14-16(7-12)21-24-20-14/h3-4,7-8,13H,5-6,9-10H2,1-2H3/t13-/m1/s1. The molecule has 1 aliphatic rings. The molecular weight excluding hydrogens is 322 g/mol. The van der Waals surface area contributed by atoms with E-state index in [0.29, 0.717) is 5.92 Å². The molecule has 0 aliphatic carbocycles. The van der Waals surface area contributed by atoms with Crippen LogP contribution in [-0.2, 0) is 11.3 Å². The van der Waals surface area contributed by atoms with Crippen LogP contribution in [0, 0.1) is 6.92 Å². The Morgan fingerprint density at radius 1 is 1.21 bits per heavy atom. The minimum Gasteiger partial charge on any atom is -0.381 e. The molecule has 0 N–H and O–H groups in total. The highest BCUT2D eigenvalue weighted by Crippen LogP contribution is 2.26. The number of benzene rings is 1. The predicted octanol–water partition coefficient (Wildman–Crippen LogP) is 2.93. The second-order valence-corrected chi connectivity index (χ2v) is 6.73. The Labute approximate surface area is 144 Å². The molecule has 1 aliphatic heterocycles. The van der Waals surface area contributed by atoms with E-state index in [0.717, 1.165) is 54.5 Å². The minimum atomic E-state index is 0.385. The van der Waals surface area contributed by atoms with Gasteiger partial charge in [0.1, 0.15) is 22.7 Å². The number of hydrogen-bond acceptors (Lipinski definition) is 7. The monoisotopic (exact) mass is 341 g/mol. The molecule has 24 heavy (non-hydrogen) atoms. The maximum absolute atomic E-state index is 5.49. The molecule has 4 rings (SSSR count). The first-order valence-corrected chi connectivity index (χ1v) is 8.78. The molecule has 2 aromatic heterocycles. The SMILES string of the molecule is Cc1nc([C@@H]2CCOC2)cc(N(C)Cc2ccc3nsnc3c2)n1. The summed E-state index contributed by atoms with van der Waals surface area (Å²) < 4.78 is 14.1. The van der Waals surface area contributed by atoms with Crippen LogP contribution in [0.15, 0.2) is 24.3 Å². The van der Waals surface area contributed by atoms with Gasteiger partial charge in [0, 0.05) is 32.2 Å². The molecule has 0 unspecified atom stereocenters. The summed E-state index contributed by atoms with van der Waals surface area (Å²) in [5.41, 5.74) is 4.18. The van der Waals surface area contributed by atoms with Crippen molar-refractivity contribution in [3.8, 4) is 0 Å². The van der Waals surface area contributed by atoms with Gasteiger partial charge in [-0.3, -0.25) is 0 Å². The summed E-state index contributed by atoms with van der Waals surface area (Å²) in [5.74, 6) is 2.14. The van der Waals surface area contributed by atoms with Crippen molar-refractivity contribution < 1.29 is 4.74 Å². The van der Waals surface area contributed by atoms with Gasteiger partial charge in [0.25, 0.3) is 0 Å². The number of anilines is 1. The molecule has 0 spiro atoms. The molecule has 0 saturated carbocycles. The quantitative estimate of drug-likeness (QED) is 0.727. The summed E-state index contributed by atoms with van der Waals surface area (Å²) >= 11 is 1.25. The highest BCUT2D eigenvalue weighted by atomic mass is 32.1. The molecule has 0 radical (unpaired) electrons. The molecule has 0 amide bonds. The van der Waals surface area contributed by atoms with Gasteiger partial charge in [0.15, 0.2) is 0 Å². The number of aromatic nitrogens is 4. The normalized spacial score (nSPS) is 17.5. The lowest BCUT2D eigenvalue weighted by atomic mass is 10.0. The lowest BCUT2D eigenvalue weighted by molar-refractivity contribution is 0.193. The first-order valence-electron chi connectivity index (χ1n) is 8.05. The van der Waals surface area contributed by atoms with Gasteiger partial charge in [-0.2, -0.15) is 8.75 Å². The number of aryl methyl sites for hydroxylation is 1. The third-order valence-electron chi connectivity index (χ3n) is 4.32. The molecule has 1 aromatic carbocycles. The smallest absolute Gasteiger partial charge is 0.132 e. The molecular formula is C17H19N5OS. The molecule has 1 saturated heterocycles. The second kappa shape index (κ2) is 6.41. The summed E-state index contributed by atoms with van der Waals surface area (Å²) in [4.78, 5) is 11.4. The van der Waals surface area contributed by atoms with E-state index >= 15 is 0 Å². The largest absolute Gasteiger partial charge is 0.381 e. The summed E-state index contributed by atoms with van der Waals surface area (Å²) in [5, 5.41) is 0. The van der Waals surface area contributed by atoms with Crippen molar-refractivity contribution in [1.82, 2.24) is 18.7 Å². The van der Waals surface area contributed by atoms with E-state index in [-0.39, 0.29) is 0 Å². The third kappa shape index (κ3) is 3.09. The minimum absolute atomic E-state index is 0.385. The Morgan fingerprint density at radius 2 is 2.08 bits per heavy atom. The van der Waals surface area contributed by atoms with Crippen LogP contribution < -0.4 is 4.90 Å². The zero-order valence-corrected chi connectivity index (χ0v) is 14.6. The van der Waals surface area contributed by atoms with Gasteiger partial charge in [-0.05, 0) is 31.0 Å². The average molecular weight is 341 g/mol. The fraction of sp³-hybridized carbons (Fsp3) is 0.412. The van der Waals surface area contributed by atoms with E-state index in [4.69, 9.17) is 4.74 Å². The number of ether oxygens (including phenoxy) is 1. The van der Waals surface area contributed by atoms with Gasteiger partial charge in [-0.15, -0.1) is 0 Å². The zero-order valence-electron chi connectivity index (χ0n) is 13.8. The van der Waals surface area contributed by atoms with Gasteiger partial charge in [-0.25, -0.2) is 9.97 Å². The van der Waals surface area contributed by atoms with E-state index in [9.17, 15) is 0 Å². The fourth-order valence-corrected chi connectivity index (χ4v) is 3.55. The first-order chi connectivity index (χ1) is 11.7. The van der Waals surface area contributed by atoms with Crippen molar-refractivity contribution in [2.45, 2.75) is 25.8 Å². The Morgan fingerprint density at radius 3 is 2.92 bits per heavy atom. The van der Waals surface area contributed by atoms with E-state index in [1.165, 1.54) is 17.3 Å². The molecule has 6 nitrogen and oxygen atoms in total. The summed E-state index contributed by atoms with van der Waals surface area (Å²) in [6.45, 7) is 4.29. The Bertz CT molecular complexity index is 859. The fourth-order valence-electron chi connectivity index (χ4n) is 3.03. The first kappa shape index (κ1) is 15.4. The van der Waals surface area contributed by atoms with Crippen LogP contribution >= 0.6 is 11.7 Å². The van der Waals surface area contributed by atoms with Crippen LogP contribution in [0.3, 0.4) is 0 Å². The Kier molecular flexibility index (Phi) is 4.12. The molecule has 3 aromatic rings. The molecule has 1 atom stereocenters. The summed E-state index contributed by atoms with van der Waals surface area (Å²) in [6.07, 6.45) is 1.03. The molecule has 0 bridgehead atoms. The number of hydrogen-bond donors (Lipinski definition) is 0. The van der Waals surface area contributed by atoms with E-state index in [1.807, 2.05) is 13.0 Å². The molecule has 124 valence electrons.